The van der Waals surface area contributed by atoms with Gasteiger partial charge in [0, 0.05) is 24.7 Å². The number of anilines is 1. The summed E-state index contributed by atoms with van der Waals surface area (Å²) in [4.78, 5) is 0. The highest BCUT2D eigenvalue weighted by molar-refractivity contribution is 5.55. The standard InChI is InChI=1S/C15H22N2O2/c1-8-18-14-3-2-13(10-15(14)19-9-1)17-11-12-4-6-16-7-5-12/h2-3,10,12,16-17H,1,4-9,11H2. The lowest BCUT2D eigenvalue weighted by molar-refractivity contribution is 0.297. The molecule has 1 aromatic rings. The smallest absolute Gasteiger partial charge is 0.163 e. The summed E-state index contributed by atoms with van der Waals surface area (Å²) in [6.45, 7) is 4.82. The van der Waals surface area contributed by atoms with Gasteiger partial charge in [-0.05, 0) is 44.0 Å². The van der Waals surface area contributed by atoms with Crippen LogP contribution in [0.2, 0.25) is 0 Å². The first-order valence-corrected chi connectivity index (χ1v) is 7.26. The van der Waals surface area contributed by atoms with Crippen molar-refractivity contribution in [3.05, 3.63) is 18.2 Å². The Labute approximate surface area is 114 Å². The van der Waals surface area contributed by atoms with Crippen molar-refractivity contribution >= 4 is 5.69 Å². The average Bonchev–Trinajstić information content (AvgIpc) is 2.71. The summed E-state index contributed by atoms with van der Waals surface area (Å²) < 4.78 is 11.3. The van der Waals surface area contributed by atoms with E-state index < -0.39 is 0 Å². The van der Waals surface area contributed by atoms with Gasteiger partial charge in [-0.15, -0.1) is 0 Å². The number of fused-ring (bicyclic) bond motifs is 1. The van der Waals surface area contributed by atoms with Gasteiger partial charge < -0.3 is 20.1 Å². The molecule has 2 aliphatic rings. The zero-order valence-electron chi connectivity index (χ0n) is 11.3. The Kier molecular flexibility index (Phi) is 4.08. The molecule has 0 atom stereocenters. The fraction of sp³-hybridized carbons (Fsp3) is 0.600. The third-order valence-electron chi connectivity index (χ3n) is 3.80. The summed E-state index contributed by atoms with van der Waals surface area (Å²) in [5, 5.41) is 6.92. The molecule has 0 aliphatic carbocycles. The predicted molar refractivity (Wildman–Crippen MR) is 76.1 cm³/mol. The molecule has 3 rings (SSSR count). The highest BCUT2D eigenvalue weighted by Crippen LogP contribution is 2.32. The molecule has 1 aromatic carbocycles. The van der Waals surface area contributed by atoms with E-state index in [9.17, 15) is 0 Å². The third kappa shape index (κ3) is 3.32. The monoisotopic (exact) mass is 262 g/mol. The summed E-state index contributed by atoms with van der Waals surface area (Å²) in [6.07, 6.45) is 3.47. The molecule has 1 fully saturated rings. The Hall–Kier alpha value is -1.42. The fourth-order valence-corrected chi connectivity index (χ4v) is 2.62. The van der Waals surface area contributed by atoms with Gasteiger partial charge in [-0.2, -0.15) is 0 Å². The zero-order chi connectivity index (χ0) is 12.9. The van der Waals surface area contributed by atoms with Crippen molar-refractivity contribution < 1.29 is 9.47 Å². The summed E-state index contributed by atoms with van der Waals surface area (Å²) >= 11 is 0. The first-order chi connectivity index (χ1) is 9.42. The fourth-order valence-electron chi connectivity index (χ4n) is 2.62. The average molecular weight is 262 g/mol. The predicted octanol–water partition coefficient (Wildman–Crippen LogP) is 2.26. The quantitative estimate of drug-likeness (QED) is 0.877. The molecular weight excluding hydrogens is 240 g/mol. The molecule has 2 aliphatic heterocycles. The summed E-state index contributed by atoms with van der Waals surface area (Å²) in [5.74, 6) is 2.51. The minimum Gasteiger partial charge on any atom is -0.490 e. The molecule has 4 heteroatoms. The van der Waals surface area contributed by atoms with Crippen LogP contribution in [0.15, 0.2) is 18.2 Å². The topological polar surface area (TPSA) is 42.5 Å². The van der Waals surface area contributed by atoms with Gasteiger partial charge in [0.15, 0.2) is 11.5 Å². The molecule has 0 saturated carbocycles. The molecule has 0 unspecified atom stereocenters. The molecule has 104 valence electrons. The van der Waals surface area contributed by atoms with Gasteiger partial charge >= 0.3 is 0 Å². The van der Waals surface area contributed by atoms with Gasteiger partial charge in [-0.25, -0.2) is 0 Å². The number of ether oxygens (including phenoxy) is 2. The van der Waals surface area contributed by atoms with E-state index in [0.29, 0.717) is 0 Å². The van der Waals surface area contributed by atoms with E-state index in [1.54, 1.807) is 0 Å². The minimum atomic E-state index is 0.741. The van der Waals surface area contributed by atoms with Crippen LogP contribution in [-0.2, 0) is 0 Å². The van der Waals surface area contributed by atoms with Gasteiger partial charge in [0.2, 0.25) is 0 Å². The highest BCUT2D eigenvalue weighted by atomic mass is 16.5. The van der Waals surface area contributed by atoms with Crippen molar-refractivity contribution in [3.8, 4) is 11.5 Å². The first-order valence-electron chi connectivity index (χ1n) is 7.26. The van der Waals surface area contributed by atoms with Gasteiger partial charge in [-0.3, -0.25) is 0 Å². The van der Waals surface area contributed by atoms with Crippen LogP contribution >= 0.6 is 0 Å². The Balaban J connectivity index is 1.60. The molecule has 0 spiro atoms. The summed E-state index contributed by atoms with van der Waals surface area (Å²) in [5.41, 5.74) is 1.13. The molecule has 4 nitrogen and oxygen atoms in total. The van der Waals surface area contributed by atoms with Crippen molar-refractivity contribution in [2.45, 2.75) is 19.3 Å². The second-order valence-corrected chi connectivity index (χ2v) is 5.29. The van der Waals surface area contributed by atoms with Crippen LogP contribution in [0, 0.1) is 5.92 Å². The van der Waals surface area contributed by atoms with E-state index in [1.807, 2.05) is 6.07 Å². The maximum absolute atomic E-state index is 5.71. The molecule has 0 radical (unpaired) electrons. The summed E-state index contributed by atoms with van der Waals surface area (Å²) in [6, 6.07) is 6.14. The van der Waals surface area contributed by atoms with Gasteiger partial charge in [-0.1, -0.05) is 0 Å². The first kappa shape index (κ1) is 12.6. The normalized spacial score (nSPS) is 19.8. The SMILES string of the molecule is c1cc2c(cc1NCC1CCNCC1)OCCCO2. The van der Waals surface area contributed by atoms with E-state index in [0.717, 1.165) is 62.4 Å². The lowest BCUT2D eigenvalue weighted by Gasteiger charge is -2.23. The Bertz CT molecular complexity index is 417. The minimum absolute atomic E-state index is 0.741. The van der Waals surface area contributed by atoms with E-state index in [1.165, 1.54) is 12.8 Å². The van der Waals surface area contributed by atoms with Crippen molar-refractivity contribution in [2.24, 2.45) is 5.92 Å². The van der Waals surface area contributed by atoms with E-state index in [4.69, 9.17) is 9.47 Å². The lowest BCUT2D eigenvalue weighted by atomic mass is 9.98. The van der Waals surface area contributed by atoms with Crippen molar-refractivity contribution in [1.82, 2.24) is 5.32 Å². The van der Waals surface area contributed by atoms with Crippen LogP contribution in [0.3, 0.4) is 0 Å². The zero-order valence-corrected chi connectivity index (χ0v) is 11.3. The second-order valence-electron chi connectivity index (χ2n) is 5.29. The van der Waals surface area contributed by atoms with Gasteiger partial charge in [0.1, 0.15) is 0 Å². The van der Waals surface area contributed by atoms with Crippen LogP contribution in [0.25, 0.3) is 0 Å². The second kappa shape index (κ2) is 6.15. The van der Waals surface area contributed by atoms with Crippen LogP contribution in [-0.4, -0.2) is 32.8 Å². The Morgan fingerprint density at radius 3 is 2.74 bits per heavy atom. The van der Waals surface area contributed by atoms with Gasteiger partial charge in [0.25, 0.3) is 0 Å². The molecule has 19 heavy (non-hydrogen) atoms. The Morgan fingerprint density at radius 2 is 1.89 bits per heavy atom. The van der Waals surface area contributed by atoms with Crippen LogP contribution in [0.5, 0.6) is 11.5 Å². The van der Waals surface area contributed by atoms with E-state index >= 15 is 0 Å². The van der Waals surface area contributed by atoms with Crippen LogP contribution in [0.1, 0.15) is 19.3 Å². The van der Waals surface area contributed by atoms with Crippen LogP contribution < -0.4 is 20.1 Å². The molecule has 0 aromatic heterocycles. The number of hydrogen-bond donors (Lipinski definition) is 2. The van der Waals surface area contributed by atoms with Crippen molar-refractivity contribution in [3.63, 3.8) is 0 Å². The largest absolute Gasteiger partial charge is 0.490 e. The maximum atomic E-state index is 5.71. The van der Waals surface area contributed by atoms with Crippen LogP contribution in [0.4, 0.5) is 5.69 Å². The van der Waals surface area contributed by atoms with E-state index in [-0.39, 0.29) is 0 Å². The number of benzene rings is 1. The lowest BCUT2D eigenvalue weighted by Crippen LogP contribution is -2.31. The summed E-state index contributed by atoms with van der Waals surface area (Å²) in [7, 11) is 0. The number of piperidine rings is 1. The Morgan fingerprint density at radius 1 is 1.11 bits per heavy atom. The maximum Gasteiger partial charge on any atom is 0.163 e. The number of nitrogens with one attached hydrogen (secondary N) is 2. The van der Waals surface area contributed by atoms with E-state index in [2.05, 4.69) is 22.8 Å². The van der Waals surface area contributed by atoms with Crippen molar-refractivity contribution in [2.75, 3.05) is 38.2 Å². The molecule has 0 bridgehead atoms. The third-order valence-corrected chi connectivity index (χ3v) is 3.80. The molecule has 1 saturated heterocycles. The molecule has 2 N–H and O–H groups in total. The molecular formula is C15H22N2O2. The van der Waals surface area contributed by atoms with Crippen molar-refractivity contribution in [1.29, 1.82) is 0 Å². The number of hydrogen-bond acceptors (Lipinski definition) is 4. The number of rotatable bonds is 3. The van der Waals surface area contributed by atoms with Gasteiger partial charge in [0.05, 0.1) is 13.2 Å². The highest BCUT2D eigenvalue weighted by Gasteiger charge is 2.14. The molecule has 2 heterocycles. The molecule has 0 amide bonds.